The molecule has 0 atom stereocenters. The third kappa shape index (κ3) is 4.64. The van der Waals surface area contributed by atoms with Crippen LogP contribution in [0, 0.1) is 5.92 Å². The van der Waals surface area contributed by atoms with Gasteiger partial charge < -0.3 is 19.9 Å². The molecular formula is C15H23NO4. The van der Waals surface area contributed by atoms with Crippen molar-refractivity contribution in [1.29, 1.82) is 0 Å². The number of phenols is 1. The molecule has 1 aromatic rings. The summed E-state index contributed by atoms with van der Waals surface area (Å²) in [6.07, 6.45) is 1.39. The normalized spacial score (nSPS) is 10.4. The smallest absolute Gasteiger partial charge is 0.220 e. The lowest BCUT2D eigenvalue weighted by atomic mass is 10.1. The maximum absolute atomic E-state index is 11.7. The molecule has 0 aliphatic carbocycles. The molecule has 0 aromatic heterocycles. The van der Waals surface area contributed by atoms with E-state index in [4.69, 9.17) is 9.47 Å². The molecule has 5 nitrogen and oxygen atoms in total. The lowest BCUT2D eigenvalue weighted by Crippen LogP contribution is -2.22. The molecule has 0 spiro atoms. The molecule has 5 heteroatoms. The lowest BCUT2D eigenvalue weighted by molar-refractivity contribution is -0.121. The predicted molar refractivity (Wildman–Crippen MR) is 77.1 cm³/mol. The number of carbonyl (C=O) groups is 1. The van der Waals surface area contributed by atoms with Crippen LogP contribution in [0.15, 0.2) is 12.1 Å². The number of amides is 1. The molecule has 2 N–H and O–H groups in total. The fourth-order valence-corrected chi connectivity index (χ4v) is 1.76. The molecule has 0 heterocycles. The summed E-state index contributed by atoms with van der Waals surface area (Å²) < 4.78 is 10.1. The second kappa shape index (κ2) is 7.62. The number of ether oxygens (including phenoxy) is 2. The van der Waals surface area contributed by atoms with Gasteiger partial charge in [0.25, 0.3) is 0 Å². The third-order valence-corrected chi connectivity index (χ3v) is 2.98. The summed E-state index contributed by atoms with van der Waals surface area (Å²) >= 11 is 0. The number of benzene rings is 1. The van der Waals surface area contributed by atoms with Gasteiger partial charge in [0.2, 0.25) is 11.7 Å². The Morgan fingerprint density at radius 1 is 1.25 bits per heavy atom. The van der Waals surface area contributed by atoms with Crippen molar-refractivity contribution in [2.24, 2.45) is 5.92 Å². The van der Waals surface area contributed by atoms with Gasteiger partial charge in [-0.05, 0) is 30.0 Å². The SMILES string of the molecule is COc1cc(CNC(=O)CCC(C)C)cc(OC)c1O. The summed E-state index contributed by atoms with van der Waals surface area (Å²) in [4.78, 5) is 11.7. The molecule has 0 saturated carbocycles. The molecule has 0 unspecified atom stereocenters. The van der Waals surface area contributed by atoms with Crippen molar-refractivity contribution < 1.29 is 19.4 Å². The summed E-state index contributed by atoms with van der Waals surface area (Å²) in [5.41, 5.74) is 0.814. The summed E-state index contributed by atoms with van der Waals surface area (Å²) in [7, 11) is 2.94. The van der Waals surface area contributed by atoms with Gasteiger partial charge in [-0.3, -0.25) is 4.79 Å². The van der Waals surface area contributed by atoms with Crippen LogP contribution in [0.4, 0.5) is 0 Å². The Bertz CT molecular complexity index is 432. The number of methoxy groups -OCH3 is 2. The Hall–Kier alpha value is -1.91. The average Bonchev–Trinajstić information content (AvgIpc) is 2.43. The minimum absolute atomic E-state index is 0.0182. The molecule has 0 radical (unpaired) electrons. The number of aromatic hydroxyl groups is 1. The van der Waals surface area contributed by atoms with Crippen LogP contribution in [0.25, 0.3) is 0 Å². The van der Waals surface area contributed by atoms with E-state index in [1.165, 1.54) is 14.2 Å². The topological polar surface area (TPSA) is 67.8 Å². The van der Waals surface area contributed by atoms with Gasteiger partial charge in [-0.15, -0.1) is 0 Å². The summed E-state index contributed by atoms with van der Waals surface area (Å²) in [6, 6.07) is 3.36. The Balaban J connectivity index is 2.66. The molecule has 0 aliphatic heterocycles. The third-order valence-electron chi connectivity index (χ3n) is 2.98. The van der Waals surface area contributed by atoms with Crippen LogP contribution >= 0.6 is 0 Å². The standard InChI is InChI=1S/C15H23NO4/c1-10(2)5-6-14(17)16-9-11-7-12(19-3)15(18)13(8-11)20-4/h7-8,10,18H,5-6,9H2,1-4H3,(H,16,17). The van der Waals surface area contributed by atoms with E-state index in [-0.39, 0.29) is 11.7 Å². The van der Waals surface area contributed by atoms with Crippen LogP contribution in [0.2, 0.25) is 0 Å². The minimum Gasteiger partial charge on any atom is -0.502 e. The monoisotopic (exact) mass is 281 g/mol. The van der Waals surface area contributed by atoms with Crippen LogP contribution in [-0.2, 0) is 11.3 Å². The quantitative estimate of drug-likeness (QED) is 0.805. The number of carbonyl (C=O) groups excluding carboxylic acids is 1. The highest BCUT2D eigenvalue weighted by Crippen LogP contribution is 2.36. The highest BCUT2D eigenvalue weighted by Gasteiger charge is 2.11. The first kappa shape index (κ1) is 16.1. The van der Waals surface area contributed by atoms with Crippen LogP contribution in [0.5, 0.6) is 17.2 Å². The highest BCUT2D eigenvalue weighted by atomic mass is 16.5. The fraction of sp³-hybridized carbons (Fsp3) is 0.533. The summed E-state index contributed by atoms with van der Waals surface area (Å²) in [5.74, 6) is 1.15. The van der Waals surface area contributed by atoms with E-state index in [9.17, 15) is 9.90 Å². The molecule has 1 aromatic carbocycles. The predicted octanol–water partition coefficient (Wildman–Crippen LogP) is 2.46. The second-order valence-corrected chi connectivity index (χ2v) is 5.06. The van der Waals surface area contributed by atoms with Crippen molar-refractivity contribution in [3.05, 3.63) is 17.7 Å². The van der Waals surface area contributed by atoms with Crippen molar-refractivity contribution >= 4 is 5.91 Å². The van der Waals surface area contributed by atoms with Gasteiger partial charge in [0.05, 0.1) is 14.2 Å². The summed E-state index contributed by atoms with van der Waals surface area (Å²) in [5, 5.41) is 12.6. The Labute approximate surface area is 119 Å². The molecule has 0 saturated heterocycles. The molecule has 0 aliphatic rings. The molecule has 1 rings (SSSR count). The van der Waals surface area contributed by atoms with E-state index in [2.05, 4.69) is 19.2 Å². The fourth-order valence-electron chi connectivity index (χ4n) is 1.76. The molecular weight excluding hydrogens is 258 g/mol. The molecule has 112 valence electrons. The first-order chi connectivity index (χ1) is 9.47. The number of rotatable bonds is 7. The van der Waals surface area contributed by atoms with E-state index in [1.54, 1.807) is 12.1 Å². The van der Waals surface area contributed by atoms with Crippen molar-refractivity contribution in [3.63, 3.8) is 0 Å². The van der Waals surface area contributed by atoms with Gasteiger partial charge >= 0.3 is 0 Å². The van der Waals surface area contributed by atoms with Crippen LogP contribution in [0.3, 0.4) is 0 Å². The highest BCUT2D eigenvalue weighted by molar-refractivity contribution is 5.75. The summed E-state index contributed by atoms with van der Waals surface area (Å²) in [6.45, 7) is 4.55. The van der Waals surface area contributed by atoms with Gasteiger partial charge in [-0.2, -0.15) is 0 Å². The molecule has 1 amide bonds. The largest absolute Gasteiger partial charge is 0.502 e. The van der Waals surface area contributed by atoms with Crippen molar-refractivity contribution in [3.8, 4) is 17.2 Å². The number of hydrogen-bond acceptors (Lipinski definition) is 4. The first-order valence-electron chi connectivity index (χ1n) is 6.68. The zero-order valence-corrected chi connectivity index (χ0v) is 12.5. The minimum atomic E-state index is -0.0371. The van der Waals surface area contributed by atoms with E-state index >= 15 is 0 Å². The first-order valence-corrected chi connectivity index (χ1v) is 6.68. The maximum Gasteiger partial charge on any atom is 0.220 e. The van der Waals surface area contributed by atoms with Gasteiger partial charge in [0.1, 0.15) is 0 Å². The Morgan fingerprint density at radius 3 is 2.25 bits per heavy atom. The van der Waals surface area contributed by atoms with Crippen LogP contribution in [0.1, 0.15) is 32.3 Å². The van der Waals surface area contributed by atoms with Gasteiger partial charge in [-0.1, -0.05) is 13.8 Å². The van der Waals surface area contributed by atoms with Crippen LogP contribution < -0.4 is 14.8 Å². The van der Waals surface area contributed by atoms with E-state index in [0.717, 1.165) is 12.0 Å². The lowest BCUT2D eigenvalue weighted by Gasteiger charge is -2.12. The molecule has 0 fully saturated rings. The maximum atomic E-state index is 11.7. The zero-order chi connectivity index (χ0) is 15.1. The number of nitrogens with one attached hydrogen (secondary N) is 1. The average molecular weight is 281 g/mol. The van der Waals surface area contributed by atoms with E-state index < -0.39 is 0 Å². The Kier molecular flexibility index (Phi) is 6.15. The van der Waals surface area contributed by atoms with Crippen molar-refractivity contribution in [2.45, 2.75) is 33.2 Å². The Morgan fingerprint density at radius 2 is 1.80 bits per heavy atom. The van der Waals surface area contributed by atoms with Crippen LogP contribution in [-0.4, -0.2) is 25.2 Å². The van der Waals surface area contributed by atoms with E-state index in [1.807, 2.05) is 0 Å². The zero-order valence-electron chi connectivity index (χ0n) is 12.5. The van der Waals surface area contributed by atoms with Crippen molar-refractivity contribution in [1.82, 2.24) is 5.32 Å². The van der Waals surface area contributed by atoms with Gasteiger partial charge in [-0.25, -0.2) is 0 Å². The van der Waals surface area contributed by atoms with Crippen molar-refractivity contribution in [2.75, 3.05) is 14.2 Å². The number of phenolic OH excluding ortho intramolecular Hbond substituents is 1. The van der Waals surface area contributed by atoms with E-state index in [0.29, 0.717) is 30.4 Å². The second-order valence-electron chi connectivity index (χ2n) is 5.06. The molecule has 0 bridgehead atoms. The molecule has 20 heavy (non-hydrogen) atoms. The number of hydrogen-bond donors (Lipinski definition) is 2. The van der Waals surface area contributed by atoms with Gasteiger partial charge in [0.15, 0.2) is 11.5 Å². The van der Waals surface area contributed by atoms with Gasteiger partial charge in [0, 0.05) is 13.0 Å².